The van der Waals surface area contributed by atoms with Crippen LogP contribution < -0.4 is 5.73 Å². The summed E-state index contributed by atoms with van der Waals surface area (Å²) in [5, 5.41) is 8.76. The van der Waals surface area contributed by atoms with Crippen molar-refractivity contribution in [3.63, 3.8) is 0 Å². The molecule has 0 saturated heterocycles. The van der Waals surface area contributed by atoms with Crippen LogP contribution in [0.4, 0.5) is 0 Å². The zero-order chi connectivity index (χ0) is 13.5. The van der Waals surface area contributed by atoms with Gasteiger partial charge in [-0.3, -0.25) is 14.5 Å². The summed E-state index contributed by atoms with van der Waals surface area (Å²) in [5.74, 6) is -1.51. The first kappa shape index (κ1) is 14.5. The van der Waals surface area contributed by atoms with E-state index in [9.17, 15) is 9.59 Å². The summed E-state index contributed by atoms with van der Waals surface area (Å²) < 4.78 is 0. The summed E-state index contributed by atoms with van der Waals surface area (Å²) in [7, 11) is 0. The predicted molar refractivity (Wildman–Crippen MR) is 70.3 cm³/mol. The van der Waals surface area contributed by atoms with Crippen LogP contribution in [-0.4, -0.2) is 41.2 Å². The Morgan fingerprint density at radius 2 is 1.89 bits per heavy atom. The molecule has 0 bridgehead atoms. The van der Waals surface area contributed by atoms with E-state index >= 15 is 0 Å². The Labute approximate surface area is 110 Å². The van der Waals surface area contributed by atoms with Crippen molar-refractivity contribution < 1.29 is 14.7 Å². The molecular weight excluding hydrogens is 252 g/mol. The van der Waals surface area contributed by atoms with Gasteiger partial charge in [-0.25, -0.2) is 0 Å². The van der Waals surface area contributed by atoms with E-state index < -0.39 is 11.9 Å². The molecule has 0 aliphatic rings. The minimum absolute atomic E-state index is 0.0589. The van der Waals surface area contributed by atoms with E-state index in [2.05, 4.69) is 0 Å². The third-order valence-electron chi connectivity index (χ3n) is 2.30. The molecule has 0 unspecified atom stereocenters. The highest BCUT2D eigenvalue weighted by atomic mass is 32.2. The number of nitrogens with two attached hydrogens (primary N) is 1. The van der Waals surface area contributed by atoms with Crippen molar-refractivity contribution >= 4 is 23.6 Å². The van der Waals surface area contributed by atoms with E-state index in [1.165, 1.54) is 4.90 Å². The molecule has 6 heteroatoms. The van der Waals surface area contributed by atoms with Crippen molar-refractivity contribution in [2.45, 2.75) is 11.4 Å². The summed E-state index contributed by atoms with van der Waals surface area (Å²) in [5.41, 5.74) is 6.05. The molecule has 0 spiro atoms. The predicted octanol–water partition coefficient (Wildman–Crippen LogP) is 0.780. The number of primary amides is 1. The fraction of sp³-hybridized carbons (Fsp3) is 0.333. The lowest BCUT2D eigenvalue weighted by Gasteiger charge is -2.18. The number of aliphatic carboxylic acids is 1. The first-order valence-electron chi connectivity index (χ1n) is 5.36. The van der Waals surface area contributed by atoms with Crippen LogP contribution in [0.2, 0.25) is 0 Å². The maximum atomic E-state index is 10.9. The topological polar surface area (TPSA) is 83.6 Å². The van der Waals surface area contributed by atoms with Crippen LogP contribution in [0.25, 0.3) is 0 Å². The first-order chi connectivity index (χ1) is 8.51. The normalized spacial score (nSPS) is 10.6. The van der Waals surface area contributed by atoms with Crippen LogP contribution in [0.3, 0.4) is 0 Å². The van der Waals surface area contributed by atoms with Crippen molar-refractivity contribution in [2.24, 2.45) is 5.73 Å². The van der Waals surface area contributed by atoms with Gasteiger partial charge in [0.1, 0.15) is 0 Å². The average Bonchev–Trinajstić information content (AvgIpc) is 2.28. The quantitative estimate of drug-likeness (QED) is 0.714. The molecule has 1 rings (SSSR count). The number of thioether (sulfide) groups is 1. The summed E-state index contributed by atoms with van der Waals surface area (Å²) in [4.78, 5) is 24.2. The molecule has 0 aliphatic heterocycles. The van der Waals surface area contributed by atoms with Gasteiger partial charge in [0.2, 0.25) is 5.91 Å². The van der Waals surface area contributed by atoms with Crippen molar-refractivity contribution in [3.8, 4) is 0 Å². The monoisotopic (exact) mass is 268 g/mol. The number of benzene rings is 1. The van der Waals surface area contributed by atoms with Gasteiger partial charge in [-0.2, -0.15) is 0 Å². The maximum absolute atomic E-state index is 10.9. The van der Waals surface area contributed by atoms with E-state index in [-0.39, 0.29) is 13.1 Å². The standard InChI is InChI=1S/C12H16N2O3S/c1-18-10-4-2-9(3-5-10)6-14(7-11(13)15)8-12(16)17/h2-5H,6-8H2,1H3,(H2,13,15)(H,16,17). The molecule has 1 amide bonds. The average molecular weight is 268 g/mol. The van der Waals surface area contributed by atoms with Gasteiger partial charge in [0, 0.05) is 11.4 Å². The van der Waals surface area contributed by atoms with Crippen LogP contribution in [0.1, 0.15) is 5.56 Å². The molecule has 0 aliphatic carbocycles. The van der Waals surface area contributed by atoms with E-state index in [4.69, 9.17) is 10.8 Å². The zero-order valence-electron chi connectivity index (χ0n) is 10.1. The highest BCUT2D eigenvalue weighted by Crippen LogP contribution is 2.15. The molecule has 18 heavy (non-hydrogen) atoms. The number of nitrogens with zero attached hydrogens (tertiary/aromatic N) is 1. The molecule has 3 N–H and O–H groups in total. The Morgan fingerprint density at radius 1 is 1.28 bits per heavy atom. The molecule has 1 aromatic carbocycles. The SMILES string of the molecule is CSc1ccc(CN(CC(N)=O)CC(=O)O)cc1. The highest BCUT2D eigenvalue weighted by molar-refractivity contribution is 7.98. The van der Waals surface area contributed by atoms with Crippen molar-refractivity contribution in [3.05, 3.63) is 29.8 Å². The van der Waals surface area contributed by atoms with Gasteiger partial charge in [-0.15, -0.1) is 11.8 Å². The summed E-state index contributed by atoms with van der Waals surface area (Å²) >= 11 is 1.64. The summed E-state index contributed by atoms with van der Waals surface area (Å²) in [6, 6.07) is 7.76. The van der Waals surface area contributed by atoms with Crippen LogP contribution in [-0.2, 0) is 16.1 Å². The Kier molecular flexibility index (Phi) is 5.67. The van der Waals surface area contributed by atoms with E-state index in [1.54, 1.807) is 11.8 Å². The molecule has 0 saturated carbocycles. The number of carboxylic acids is 1. The number of carbonyl (C=O) groups is 2. The number of hydrogen-bond acceptors (Lipinski definition) is 4. The van der Waals surface area contributed by atoms with Gasteiger partial charge >= 0.3 is 5.97 Å². The lowest BCUT2D eigenvalue weighted by Crippen LogP contribution is -2.36. The first-order valence-corrected chi connectivity index (χ1v) is 6.59. The molecule has 0 aromatic heterocycles. The van der Waals surface area contributed by atoms with Gasteiger partial charge in [-0.05, 0) is 24.0 Å². The Balaban J connectivity index is 2.68. The number of rotatable bonds is 7. The molecule has 0 radical (unpaired) electrons. The molecular formula is C12H16N2O3S. The van der Waals surface area contributed by atoms with E-state index in [0.717, 1.165) is 10.5 Å². The Bertz CT molecular complexity index is 404. The largest absolute Gasteiger partial charge is 0.480 e. The molecule has 0 atom stereocenters. The summed E-state index contributed by atoms with van der Waals surface area (Å²) in [6.07, 6.45) is 1.98. The van der Waals surface area contributed by atoms with Gasteiger partial charge < -0.3 is 10.8 Å². The van der Waals surface area contributed by atoms with Gasteiger partial charge in [0.15, 0.2) is 0 Å². The van der Waals surface area contributed by atoms with Crippen LogP contribution >= 0.6 is 11.8 Å². The lowest BCUT2D eigenvalue weighted by molar-refractivity contribution is -0.138. The van der Waals surface area contributed by atoms with Gasteiger partial charge in [0.05, 0.1) is 13.1 Å². The molecule has 5 nitrogen and oxygen atoms in total. The Hall–Kier alpha value is -1.53. The van der Waals surface area contributed by atoms with Crippen LogP contribution in [0.15, 0.2) is 29.2 Å². The highest BCUT2D eigenvalue weighted by Gasteiger charge is 2.12. The Morgan fingerprint density at radius 3 is 2.33 bits per heavy atom. The second-order valence-electron chi connectivity index (χ2n) is 3.85. The van der Waals surface area contributed by atoms with Crippen LogP contribution in [0, 0.1) is 0 Å². The third kappa shape index (κ3) is 5.20. The molecule has 0 fully saturated rings. The number of carbonyl (C=O) groups excluding carboxylic acids is 1. The fourth-order valence-corrected chi connectivity index (χ4v) is 1.98. The maximum Gasteiger partial charge on any atom is 0.317 e. The number of hydrogen-bond donors (Lipinski definition) is 2. The fourth-order valence-electron chi connectivity index (χ4n) is 1.57. The minimum atomic E-state index is -0.975. The van der Waals surface area contributed by atoms with E-state index in [1.807, 2.05) is 30.5 Å². The second kappa shape index (κ2) is 7.03. The molecule has 0 heterocycles. The summed E-state index contributed by atoms with van der Waals surface area (Å²) in [6.45, 7) is 0.133. The molecule has 1 aromatic rings. The van der Waals surface area contributed by atoms with Crippen molar-refractivity contribution in [1.82, 2.24) is 4.90 Å². The van der Waals surface area contributed by atoms with Gasteiger partial charge in [-0.1, -0.05) is 12.1 Å². The smallest absolute Gasteiger partial charge is 0.317 e. The van der Waals surface area contributed by atoms with Crippen LogP contribution in [0.5, 0.6) is 0 Å². The zero-order valence-corrected chi connectivity index (χ0v) is 10.9. The number of carboxylic acid groups (broad SMARTS) is 1. The van der Waals surface area contributed by atoms with Crippen molar-refractivity contribution in [2.75, 3.05) is 19.3 Å². The van der Waals surface area contributed by atoms with Crippen molar-refractivity contribution in [1.29, 1.82) is 0 Å². The minimum Gasteiger partial charge on any atom is -0.480 e. The second-order valence-corrected chi connectivity index (χ2v) is 4.73. The lowest BCUT2D eigenvalue weighted by atomic mass is 10.2. The van der Waals surface area contributed by atoms with Gasteiger partial charge in [0.25, 0.3) is 0 Å². The van der Waals surface area contributed by atoms with E-state index in [0.29, 0.717) is 6.54 Å². The third-order valence-corrected chi connectivity index (χ3v) is 3.05. The number of amides is 1. The molecule has 98 valence electrons.